The summed E-state index contributed by atoms with van der Waals surface area (Å²) in [6.07, 6.45) is 2.12. The van der Waals surface area contributed by atoms with Crippen molar-refractivity contribution in [3.8, 4) is 0 Å². The van der Waals surface area contributed by atoms with E-state index in [1.807, 2.05) is 0 Å². The van der Waals surface area contributed by atoms with E-state index in [0.29, 0.717) is 6.42 Å². The molecular weight excluding hydrogens is 250 g/mol. The number of rotatable bonds is 6. The van der Waals surface area contributed by atoms with Crippen LogP contribution in [0.25, 0.3) is 0 Å². The van der Waals surface area contributed by atoms with Gasteiger partial charge in [-0.05, 0) is 12.5 Å². The number of carbonyl (C=O) groups is 1. The summed E-state index contributed by atoms with van der Waals surface area (Å²) in [5.74, 6) is -1.14. The lowest BCUT2D eigenvalue weighted by Gasteiger charge is -2.01. The predicted octanol–water partition coefficient (Wildman–Crippen LogP) is 1.30. The number of carboxylic acids is 1. The number of carboxylic acid groups (broad SMARTS) is 1. The zero-order chi connectivity index (χ0) is 12.2. The van der Waals surface area contributed by atoms with Crippen LogP contribution in [-0.2, 0) is 10.0 Å². The number of hydrogen-bond acceptors (Lipinski definition) is 4. The van der Waals surface area contributed by atoms with Gasteiger partial charge >= 0.3 is 5.97 Å². The first-order chi connectivity index (χ1) is 7.47. The topological polar surface area (TPSA) is 83.5 Å². The van der Waals surface area contributed by atoms with Gasteiger partial charge < -0.3 is 5.11 Å². The van der Waals surface area contributed by atoms with Crippen LogP contribution in [-0.4, -0.2) is 26.0 Å². The molecule has 0 aliphatic carbocycles. The van der Waals surface area contributed by atoms with E-state index in [0.717, 1.165) is 17.4 Å². The largest absolute Gasteiger partial charge is 0.478 e. The minimum absolute atomic E-state index is 0.00830. The monoisotopic (exact) mass is 261 g/mol. The van der Waals surface area contributed by atoms with Gasteiger partial charge in [-0.25, -0.2) is 17.9 Å². The number of hydrogen-bond donors (Lipinski definition) is 2. The summed E-state index contributed by atoms with van der Waals surface area (Å²) in [7, 11) is -3.59. The second-order valence-corrected chi connectivity index (χ2v) is 5.84. The van der Waals surface area contributed by atoms with E-state index in [1.54, 1.807) is 6.08 Å². The molecule has 0 atom stereocenters. The molecule has 0 aliphatic rings. The molecule has 2 N–H and O–H groups in total. The van der Waals surface area contributed by atoms with E-state index in [1.165, 1.54) is 5.38 Å². The Hall–Kier alpha value is -1.18. The van der Waals surface area contributed by atoms with Crippen LogP contribution in [0.15, 0.2) is 28.3 Å². The maximum atomic E-state index is 11.6. The summed E-state index contributed by atoms with van der Waals surface area (Å²) in [6.45, 7) is 3.73. The van der Waals surface area contributed by atoms with E-state index in [2.05, 4.69) is 11.3 Å². The molecule has 88 valence electrons. The van der Waals surface area contributed by atoms with Crippen LogP contribution in [0.3, 0.4) is 0 Å². The van der Waals surface area contributed by atoms with Crippen molar-refractivity contribution in [3.63, 3.8) is 0 Å². The summed E-state index contributed by atoms with van der Waals surface area (Å²) in [5, 5.41) is 9.95. The van der Waals surface area contributed by atoms with Crippen molar-refractivity contribution >= 4 is 27.3 Å². The molecule has 7 heteroatoms. The number of sulfonamides is 1. The van der Waals surface area contributed by atoms with Crippen LogP contribution in [0.4, 0.5) is 0 Å². The lowest BCUT2D eigenvalue weighted by atomic mass is 10.4. The molecule has 0 amide bonds. The molecule has 16 heavy (non-hydrogen) atoms. The van der Waals surface area contributed by atoms with Gasteiger partial charge in [0.05, 0.1) is 5.56 Å². The number of thiophene rings is 1. The van der Waals surface area contributed by atoms with Gasteiger partial charge in [0.25, 0.3) is 0 Å². The maximum Gasteiger partial charge on any atom is 0.336 e. The highest BCUT2D eigenvalue weighted by molar-refractivity contribution is 7.91. The molecule has 5 nitrogen and oxygen atoms in total. The van der Waals surface area contributed by atoms with Crippen molar-refractivity contribution in [3.05, 3.63) is 29.7 Å². The minimum atomic E-state index is -3.59. The van der Waals surface area contributed by atoms with Crippen LogP contribution < -0.4 is 4.72 Å². The van der Waals surface area contributed by atoms with Crippen LogP contribution >= 0.6 is 11.3 Å². The van der Waals surface area contributed by atoms with Gasteiger partial charge in [0, 0.05) is 11.9 Å². The number of aromatic carboxylic acids is 1. The fourth-order valence-electron chi connectivity index (χ4n) is 0.936. The highest BCUT2D eigenvalue weighted by Crippen LogP contribution is 2.19. The van der Waals surface area contributed by atoms with E-state index < -0.39 is 16.0 Å². The van der Waals surface area contributed by atoms with Crippen molar-refractivity contribution in [1.82, 2.24) is 4.72 Å². The molecule has 0 bridgehead atoms. The Bertz CT molecular complexity index is 489. The van der Waals surface area contributed by atoms with Gasteiger partial charge in [0.15, 0.2) is 0 Å². The Morgan fingerprint density at radius 3 is 2.81 bits per heavy atom. The van der Waals surface area contributed by atoms with E-state index >= 15 is 0 Å². The molecule has 0 saturated heterocycles. The highest BCUT2D eigenvalue weighted by Gasteiger charge is 2.17. The third-order valence-electron chi connectivity index (χ3n) is 1.73. The van der Waals surface area contributed by atoms with Crippen molar-refractivity contribution in [2.24, 2.45) is 0 Å². The zero-order valence-corrected chi connectivity index (χ0v) is 9.97. The van der Waals surface area contributed by atoms with Crippen LogP contribution in [0, 0.1) is 0 Å². The lowest BCUT2D eigenvalue weighted by Crippen LogP contribution is -2.23. The third kappa shape index (κ3) is 3.16. The molecule has 1 aromatic rings. The van der Waals surface area contributed by atoms with Gasteiger partial charge in [0.1, 0.15) is 4.21 Å². The van der Waals surface area contributed by atoms with Crippen molar-refractivity contribution in [1.29, 1.82) is 0 Å². The van der Waals surface area contributed by atoms with Crippen LogP contribution in [0.5, 0.6) is 0 Å². The second kappa shape index (κ2) is 5.24. The average Bonchev–Trinajstić information content (AvgIpc) is 2.67. The molecule has 1 aromatic heterocycles. The first-order valence-corrected chi connectivity index (χ1v) is 6.76. The fraction of sp³-hybridized carbons (Fsp3) is 0.222. The third-order valence-corrected chi connectivity index (χ3v) is 4.63. The Balaban J connectivity index is 2.81. The zero-order valence-electron chi connectivity index (χ0n) is 8.34. The summed E-state index contributed by atoms with van der Waals surface area (Å²) < 4.78 is 25.6. The van der Waals surface area contributed by atoms with Gasteiger partial charge in [-0.15, -0.1) is 17.9 Å². The van der Waals surface area contributed by atoms with Crippen molar-refractivity contribution in [2.45, 2.75) is 10.6 Å². The molecule has 1 heterocycles. The molecule has 1 rings (SSSR count). The van der Waals surface area contributed by atoms with Gasteiger partial charge in [0.2, 0.25) is 10.0 Å². The maximum absolute atomic E-state index is 11.6. The minimum Gasteiger partial charge on any atom is -0.478 e. The van der Waals surface area contributed by atoms with E-state index in [4.69, 9.17) is 5.11 Å². The Morgan fingerprint density at radius 1 is 1.62 bits per heavy atom. The first-order valence-electron chi connectivity index (χ1n) is 4.40. The van der Waals surface area contributed by atoms with Gasteiger partial charge in [-0.3, -0.25) is 0 Å². The molecule has 0 unspecified atom stereocenters. The van der Waals surface area contributed by atoms with Gasteiger partial charge in [-0.1, -0.05) is 6.08 Å². The highest BCUT2D eigenvalue weighted by atomic mass is 32.2. The number of nitrogens with one attached hydrogen (secondary N) is 1. The average molecular weight is 261 g/mol. The molecule has 0 aromatic carbocycles. The predicted molar refractivity (Wildman–Crippen MR) is 61.3 cm³/mol. The summed E-state index contributed by atoms with van der Waals surface area (Å²) >= 11 is 0.886. The Labute approximate surface area is 97.5 Å². The van der Waals surface area contributed by atoms with Gasteiger partial charge in [-0.2, -0.15) is 0 Å². The van der Waals surface area contributed by atoms with E-state index in [9.17, 15) is 13.2 Å². The van der Waals surface area contributed by atoms with E-state index in [-0.39, 0.29) is 16.3 Å². The molecule has 0 radical (unpaired) electrons. The standard InChI is InChI=1S/C9H11NO4S2/c1-2-3-4-10-16(13,14)8-5-7(6-15-8)9(11)12/h2,5-6,10H,1,3-4H2,(H,11,12). The first kappa shape index (κ1) is 12.9. The van der Waals surface area contributed by atoms with Crippen LogP contribution in [0.1, 0.15) is 16.8 Å². The molecule has 0 spiro atoms. The molecular formula is C9H11NO4S2. The second-order valence-electron chi connectivity index (χ2n) is 2.93. The quantitative estimate of drug-likeness (QED) is 0.597. The SMILES string of the molecule is C=CCCNS(=O)(=O)c1cc(C(=O)O)cs1. The molecule has 0 saturated carbocycles. The molecule has 0 fully saturated rings. The fourth-order valence-corrected chi connectivity index (χ4v) is 3.18. The summed E-state index contributed by atoms with van der Waals surface area (Å²) in [5.41, 5.74) is -0.0194. The smallest absolute Gasteiger partial charge is 0.336 e. The van der Waals surface area contributed by atoms with Crippen LogP contribution in [0.2, 0.25) is 0 Å². The summed E-state index contributed by atoms with van der Waals surface area (Å²) in [4.78, 5) is 10.6. The normalized spacial score (nSPS) is 11.2. The Kier molecular flexibility index (Phi) is 4.22. The molecule has 0 aliphatic heterocycles. The van der Waals surface area contributed by atoms with Crippen molar-refractivity contribution in [2.75, 3.05) is 6.54 Å². The Morgan fingerprint density at radius 2 is 2.31 bits per heavy atom. The lowest BCUT2D eigenvalue weighted by molar-refractivity contribution is 0.0697. The summed E-state index contributed by atoms with van der Waals surface area (Å²) in [6, 6.07) is 1.14. The van der Waals surface area contributed by atoms with Crippen molar-refractivity contribution < 1.29 is 18.3 Å².